The summed E-state index contributed by atoms with van der Waals surface area (Å²) in [5.74, 6) is -0.482. The second kappa shape index (κ2) is 6.84. The van der Waals surface area contributed by atoms with Gasteiger partial charge in [0, 0.05) is 6.07 Å². The number of imidazole rings is 1. The molecule has 116 valence electrons. The summed E-state index contributed by atoms with van der Waals surface area (Å²) in [5.41, 5.74) is 0.797. The summed E-state index contributed by atoms with van der Waals surface area (Å²) < 4.78 is 6.69. The van der Waals surface area contributed by atoms with E-state index >= 15 is 0 Å². The molecule has 0 radical (unpaired) electrons. The Morgan fingerprint density at radius 1 is 1.45 bits per heavy atom. The third kappa shape index (κ3) is 3.13. The maximum absolute atomic E-state index is 12.0. The minimum Gasteiger partial charge on any atom is -0.461 e. The van der Waals surface area contributed by atoms with Crippen LogP contribution in [0.25, 0.3) is 0 Å². The predicted molar refractivity (Wildman–Crippen MR) is 79.7 cm³/mol. The molecule has 0 bridgehead atoms. The van der Waals surface area contributed by atoms with Gasteiger partial charge < -0.3 is 9.30 Å². The number of nitrogens with zero attached hydrogens (tertiary/aromatic N) is 3. The van der Waals surface area contributed by atoms with Crippen molar-refractivity contribution >= 4 is 11.7 Å². The van der Waals surface area contributed by atoms with Gasteiger partial charge in [-0.1, -0.05) is 25.1 Å². The van der Waals surface area contributed by atoms with Crippen LogP contribution in [0.2, 0.25) is 0 Å². The van der Waals surface area contributed by atoms with Crippen LogP contribution >= 0.6 is 0 Å². The van der Waals surface area contributed by atoms with Gasteiger partial charge in [0.15, 0.2) is 0 Å². The third-order valence-corrected chi connectivity index (χ3v) is 3.31. The standard InChI is InChI=1S/C15H17N3O4/c1-3-8-22-15(19)14-9-16-10-17(14)11(2)12-6-4-5-7-13(12)18(20)21/h4-7,9-11H,3,8H2,1-2H3. The molecule has 1 aromatic carbocycles. The van der Waals surface area contributed by atoms with Gasteiger partial charge in [0.25, 0.3) is 5.69 Å². The molecule has 0 fully saturated rings. The van der Waals surface area contributed by atoms with E-state index < -0.39 is 16.9 Å². The molecular formula is C15H17N3O4. The number of benzene rings is 1. The Labute approximate surface area is 127 Å². The average Bonchev–Trinajstić information content (AvgIpc) is 3.01. The number of esters is 1. The molecule has 1 heterocycles. The largest absolute Gasteiger partial charge is 0.461 e. The first-order valence-corrected chi connectivity index (χ1v) is 6.98. The van der Waals surface area contributed by atoms with Crippen LogP contribution in [-0.2, 0) is 4.74 Å². The highest BCUT2D eigenvalue weighted by Gasteiger charge is 2.23. The summed E-state index contributed by atoms with van der Waals surface area (Å²) in [6, 6.07) is 6.04. The molecule has 0 spiro atoms. The molecule has 1 aromatic heterocycles. The van der Waals surface area contributed by atoms with Crippen molar-refractivity contribution < 1.29 is 14.5 Å². The fourth-order valence-electron chi connectivity index (χ4n) is 2.20. The molecule has 2 aromatic rings. The summed E-state index contributed by atoms with van der Waals surface area (Å²) in [5, 5.41) is 11.1. The van der Waals surface area contributed by atoms with Crippen molar-refractivity contribution in [3.8, 4) is 0 Å². The molecule has 1 atom stereocenters. The molecular weight excluding hydrogens is 286 g/mol. The van der Waals surface area contributed by atoms with E-state index in [1.54, 1.807) is 29.7 Å². The lowest BCUT2D eigenvalue weighted by Gasteiger charge is -2.16. The summed E-state index contributed by atoms with van der Waals surface area (Å²) in [6.45, 7) is 4.00. The minimum atomic E-state index is -0.482. The van der Waals surface area contributed by atoms with Crippen LogP contribution in [0.15, 0.2) is 36.8 Å². The highest BCUT2D eigenvalue weighted by atomic mass is 16.6. The number of carbonyl (C=O) groups is 1. The quantitative estimate of drug-likeness (QED) is 0.465. The van der Waals surface area contributed by atoms with Gasteiger partial charge in [-0.15, -0.1) is 0 Å². The Kier molecular flexibility index (Phi) is 4.88. The Balaban J connectivity index is 2.35. The lowest BCUT2D eigenvalue weighted by atomic mass is 10.1. The zero-order valence-electron chi connectivity index (χ0n) is 12.4. The number of nitro benzene ring substituents is 1. The van der Waals surface area contributed by atoms with E-state index in [1.807, 2.05) is 6.92 Å². The Hall–Kier alpha value is -2.70. The van der Waals surface area contributed by atoms with Crippen LogP contribution in [-0.4, -0.2) is 27.1 Å². The Bertz CT molecular complexity index is 681. The number of nitro groups is 1. The highest BCUT2D eigenvalue weighted by Crippen LogP contribution is 2.28. The van der Waals surface area contributed by atoms with Crippen molar-refractivity contribution in [2.75, 3.05) is 6.61 Å². The van der Waals surface area contributed by atoms with Gasteiger partial charge in [-0.25, -0.2) is 9.78 Å². The summed E-state index contributed by atoms with van der Waals surface area (Å²) in [7, 11) is 0. The number of carbonyl (C=O) groups excluding carboxylic acids is 1. The van der Waals surface area contributed by atoms with Gasteiger partial charge in [0.05, 0.1) is 35.7 Å². The molecule has 0 N–H and O–H groups in total. The molecule has 0 saturated carbocycles. The number of hydrogen-bond acceptors (Lipinski definition) is 5. The predicted octanol–water partition coefficient (Wildman–Crippen LogP) is 2.97. The van der Waals surface area contributed by atoms with Gasteiger partial charge in [-0.3, -0.25) is 10.1 Å². The van der Waals surface area contributed by atoms with Crippen LogP contribution < -0.4 is 0 Å². The number of rotatable bonds is 6. The zero-order valence-corrected chi connectivity index (χ0v) is 12.4. The first kappa shape index (κ1) is 15.7. The van der Waals surface area contributed by atoms with Crippen molar-refractivity contribution in [3.63, 3.8) is 0 Å². The molecule has 0 aliphatic rings. The second-order valence-electron chi connectivity index (χ2n) is 4.81. The smallest absolute Gasteiger partial charge is 0.356 e. The van der Waals surface area contributed by atoms with E-state index in [4.69, 9.17) is 4.74 Å². The van der Waals surface area contributed by atoms with Crippen molar-refractivity contribution in [2.24, 2.45) is 0 Å². The Morgan fingerprint density at radius 2 is 2.18 bits per heavy atom. The lowest BCUT2D eigenvalue weighted by molar-refractivity contribution is -0.385. The first-order chi connectivity index (χ1) is 10.6. The summed E-state index contributed by atoms with van der Waals surface area (Å²) >= 11 is 0. The van der Waals surface area contributed by atoms with E-state index in [0.717, 1.165) is 6.42 Å². The minimum absolute atomic E-state index is 0.0107. The van der Waals surface area contributed by atoms with Gasteiger partial charge in [0.2, 0.25) is 0 Å². The highest BCUT2D eigenvalue weighted by molar-refractivity contribution is 5.87. The van der Waals surface area contributed by atoms with Crippen molar-refractivity contribution in [3.05, 3.63) is 58.2 Å². The van der Waals surface area contributed by atoms with Gasteiger partial charge in [-0.05, 0) is 13.3 Å². The van der Waals surface area contributed by atoms with Crippen molar-refractivity contribution in [1.82, 2.24) is 9.55 Å². The van der Waals surface area contributed by atoms with Gasteiger partial charge >= 0.3 is 5.97 Å². The maximum atomic E-state index is 12.0. The maximum Gasteiger partial charge on any atom is 0.356 e. The average molecular weight is 303 g/mol. The van der Waals surface area contributed by atoms with E-state index in [-0.39, 0.29) is 11.4 Å². The van der Waals surface area contributed by atoms with Crippen LogP contribution in [0.1, 0.15) is 42.4 Å². The molecule has 2 rings (SSSR count). The van der Waals surface area contributed by atoms with Crippen LogP contribution in [0.3, 0.4) is 0 Å². The number of hydrogen-bond donors (Lipinski definition) is 0. The van der Waals surface area contributed by atoms with Gasteiger partial charge in [-0.2, -0.15) is 0 Å². The normalized spacial score (nSPS) is 11.9. The zero-order chi connectivity index (χ0) is 16.1. The SMILES string of the molecule is CCCOC(=O)c1cncn1C(C)c1ccccc1[N+](=O)[O-]. The van der Waals surface area contributed by atoms with Crippen LogP contribution in [0, 0.1) is 10.1 Å². The molecule has 0 aliphatic carbocycles. The van der Waals surface area contributed by atoms with Crippen LogP contribution in [0.5, 0.6) is 0 Å². The second-order valence-corrected chi connectivity index (χ2v) is 4.81. The monoisotopic (exact) mass is 303 g/mol. The molecule has 7 nitrogen and oxygen atoms in total. The molecule has 22 heavy (non-hydrogen) atoms. The summed E-state index contributed by atoms with van der Waals surface area (Å²) in [4.78, 5) is 26.7. The molecule has 0 aliphatic heterocycles. The fourth-order valence-corrected chi connectivity index (χ4v) is 2.20. The van der Waals surface area contributed by atoms with E-state index in [1.165, 1.54) is 18.6 Å². The van der Waals surface area contributed by atoms with Gasteiger partial charge in [0.1, 0.15) is 5.69 Å². The topological polar surface area (TPSA) is 87.3 Å². The Morgan fingerprint density at radius 3 is 2.86 bits per heavy atom. The molecule has 1 unspecified atom stereocenters. The lowest BCUT2D eigenvalue weighted by Crippen LogP contribution is -2.16. The van der Waals surface area contributed by atoms with Crippen molar-refractivity contribution in [2.45, 2.75) is 26.3 Å². The number of para-hydroxylation sites is 1. The third-order valence-electron chi connectivity index (χ3n) is 3.31. The van der Waals surface area contributed by atoms with E-state index in [2.05, 4.69) is 4.98 Å². The molecule has 0 amide bonds. The van der Waals surface area contributed by atoms with E-state index in [0.29, 0.717) is 12.2 Å². The molecule has 0 saturated heterocycles. The number of aromatic nitrogens is 2. The number of ether oxygens (including phenoxy) is 1. The van der Waals surface area contributed by atoms with Crippen molar-refractivity contribution in [1.29, 1.82) is 0 Å². The fraction of sp³-hybridized carbons (Fsp3) is 0.333. The van der Waals surface area contributed by atoms with E-state index in [9.17, 15) is 14.9 Å². The van der Waals surface area contributed by atoms with Crippen LogP contribution in [0.4, 0.5) is 5.69 Å². The summed E-state index contributed by atoms with van der Waals surface area (Å²) in [6.07, 6.45) is 3.60. The first-order valence-electron chi connectivity index (χ1n) is 6.98. The molecule has 7 heteroatoms.